The molecule has 1 atom stereocenters. The van der Waals surface area contributed by atoms with Crippen LogP contribution in [0.2, 0.25) is 5.02 Å². The number of halogens is 1. The first-order valence-electron chi connectivity index (χ1n) is 6.43. The predicted molar refractivity (Wildman–Crippen MR) is 81.4 cm³/mol. The van der Waals surface area contributed by atoms with Gasteiger partial charge < -0.3 is 11.1 Å². The Balaban J connectivity index is 2.60. The molecule has 3 N–H and O–H groups in total. The van der Waals surface area contributed by atoms with Gasteiger partial charge in [0.05, 0.1) is 29.2 Å². The molecule has 0 aromatic heterocycles. The van der Waals surface area contributed by atoms with Crippen molar-refractivity contribution in [3.05, 3.63) is 23.2 Å². The van der Waals surface area contributed by atoms with E-state index in [1.807, 2.05) is 18.7 Å². The molecule has 1 unspecified atom stereocenters. The van der Waals surface area contributed by atoms with Crippen LogP contribution in [0.15, 0.2) is 18.2 Å². The summed E-state index contributed by atoms with van der Waals surface area (Å²) in [6.45, 7) is 5.28. The van der Waals surface area contributed by atoms with Crippen LogP contribution < -0.4 is 11.1 Å². The molecule has 1 aromatic rings. The number of hydrogen-bond acceptors (Lipinski definition) is 4. The lowest BCUT2D eigenvalue weighted by atomic mass is 10.2. The number of rotatable bonds is 6. The van der Waals surface area contributed by atoms with Gasteiger partial charge in [0.25, 0.3) is 0 Å². The predicted octanol–water partition coefficient (Wildman–Crippen LogP) is 2.34. The van der Waals surface area contributed by atoms with E-state index >= 15 is 0 Å². The van der Waals surface area contributed by atoms with E-state index in [1.54, 1.807) is 18.2 Å². The first kappa shape index (κ1) is 16.3. The number of nitrogens with zero attached hydrogens (tertiary/aromatic N) is 2. The second kappa shape index (κ2) is 7.73. The van der Waals surface area contributed by atoms with Gasteiger partial charge in [-0.3, -0.25) is 9.69 Å². The highest BCUT2D eigenvalue weighted by atomic mass is 35.5. The first-order valence-corrected chi connectivity index (χ1v) is 6.81. The van der Waals surface area contributed by atoms with E-state index in [-0.39, 0.29) is 18.4 Å². The van der Waals surface area contributed by atoms with Gasteiger partial charge in [-0.05, 0) is 31.7 Å². The Morgan fingerprint density at radius 1 is 1.60 bits per heavy atom. The maximum Gasteiger partial charge on any atom is 0.238 e. The molecule has 1 aromatic carbocycles. The molecule has 0 bridgehead atoms. The van der Waals surface area contributed by atoms with E-state index < -0.39 is 0 Å². The Bertz CT molecular complexity index is 512. The summed E-state index contributed by atoms with van der Waals surface area (Å²) in [5.74, 6) is -0.272. The Morgan fingerprint density at radius 3 is 2.85 bits per heavy atom. The third-order valence-corrected chi connectivity index (χ3v) is 3.15. The molecule has 0 radical (unpaired) electrons. The second-order valence-electron chi connectivity index (χ2n) is 4.65. The Morgan fingerprint density at radius 2 is 2.30 bits per heavy atom. The lowest BCUT2D eigenvalue weighted by Gasteiger charge is -2.21. The number of nitrogens with two attached hydrogens (primary N) is 1. The lowest BCUT2D eigenvalue weighted by molar-refractivity contribution is -0.117. The zero-order chi connectivity index (χ0) is 15.1. The molecule has 5 nitrogen and oxygen atoms in total. The molecule has 20 heavy (non-hydrogen) atoms. The molecule has 6 heteroatoms. The minimum atomic E-state index is -0.163. The molecule has 108 valence electrons. The molecule has 1 rings (SSSR count). The van der Waals surface area contributed by atoms with E-state index in [9.17, 15) is 4.79 Å². The third-order valence-electron chi connectivity index (χ3n) is 2.83. The average molecular weight is 295 g/mol. The molecule has 0 saturated heterocycles. The van der Waals surface area contributed by atoms with E-state index in [4.69, 9.17) is 22.6 Å². The molecule has 1 amide bonds. The highest BCUT2D eigenvalue weighted by molar-refractivity contribution is 6.34. The van der Waals surface area contributed by atoms with Gasteiger partial charge >= 0.3 is 0 Å². The Kier molecular flexibility index (Phi) is 6.29. The van der Waals surface area contributed by atoms with Crippen LogP contribution in [0.1, 0.15) is 13.8 Å². The van der Waals surface area contributed by atoms with Crippen molar-refractivity contribution in [2.75, 3.05) is 30.7 Å². The largest absolute Gasteiger partial charge is 0.399 e. The van der Waals surface area contributed by atoms with Crippen LogP contribution in [0.25, 0.3) is 0 Å². The van der Waals surface area contributed by atoms with Crippen LogP contribution in [-0.2, 0) is 4.79 Å². The number of likely N-dealkylation sites (N-methyl/N-ethyl adjacent to an activating group) is 1. The van der Waals surface area contributed by atoms with Crippen molar-refractivity contribution in [3.8, 4) is 6.07 Å². The lowest BCUT2D eigenvalue weighted by Crippen LogP contribution is -2.35. The summed E-state index contributed by atoms with van der Waals surface area (Å²) < 4.78 is 0. The van der Waals surface area contributed by atoms with Crippen molar-refractivity contribution in [2.24, 2.45) is 5.92 Å². The van der Waals surface area contributed by atoms with Crippen LogP contribution in [0, 0.1) is 17.2 Å². The van der Waals surface area contributed by atoms with Crippen LogP contribution in [0.5, 0.6) is 0 Å². The number of amides is 1. The van der Waals surface area contributed by atoms with E-state index in [0.29, 0.717) is 29.5 Å². The van der Waals surface area contributed by atoms with Crippen LogP contribution in [0.3, 0.4) is 0 Å². The van der Waals surface area contributed by atoms with Gasteiger partial charge in [-0.1, -0.05) is 18.5 Å². The fourth-order valence-corrected chi connectivity index (χ4v) is 2.00. The first-order chi connectivity index (χ1) is 9.46. The quantitative estimate of drug-likeness (QED) is 0.789. The normalized spacial score (nSPS) is 11.9. The fourth-order valence-electron chi connectivity index (χ4n) is 1.76. The van der Waals surface area contributed by atoms with Gasteiger partial charge in [-0.15, -0.1) is 0 Å². The Hall–Kier alpha value is -1.77. The summed E-state index contributed by atoms with van der Waals surface area (Å²) in [4.78, 5) is 13.9. The van der Waals surface area contributed by atoms with Gasteiger partial charge in [-0.2, -0.15) is 5.26 Å². The average Bonchev–Trinajstić information content (AvgIpc) is 2.41. The van der Waals surface area contributed by atoms with Gasteiger partial charge in [0, 0.05) is 12.2 Å². The third kappa shape index (κ3) is 5.08. The summed E-state index contributed by atoms with van der Waals surface area (Å²) in [5, 5.41) is 12.0. The molecule has 0 spiro atoms. The van der Waals surface area contributed by atoms with Crippen molar-refractivity contribution in [1.29, 1.82) is 5.26 Å². The second-order valence-corrected chi connectivity index (χ2v) is 5.05. The van der Waals surface area contributed by atoms with Crippen molar-refractivity contribution >= 4 is 28.9 Å². The summed E-state index contributed by atoms with van der Waals surface area (Å²) in [7, 11) is 0. The molecule has 0 aliphatic rings. The zero-order valence-electron chi connectivity index (χ0n) is 11.7. The molecule has 0 saturated carbocycles. The number of carbonyl (C=O) groups excluding carboxylic acids is 1. The molecule has 0 fully saturated rings. The highest BCUT2D eigenvalue weighted by Gasteiger charge is 2.13. The van der Waals surface area contributed by atoms with Crippen LogP contribution in [0.4, 0.5) is 11.4 Å². The number of hydrogen-bond donors (Lipinski definition) is 2. The summed E-state index contributed by atoms with van der Waals surface area (Å²) in [6.07, 6.45) is 0. The summed E-state index contributed by atoms with van der Waals surface area (Å²) in [5.41, 5.74) is 6.68. The number of nitriles is 1. The maximum absolute atomic E-state index is 12.0. The van der Waals surface area contributed by atoms with Crippen LogP contribution >= 0.6 is 11.6 Å². The number of benzene rings is 1. The van der Waals surface area contributed by atoms with Crippen molar-refractivity contribution in [1.82, 2.24) is 4.90 Å². The fraction of sp³-hybridized carbons (Fsp3) is 0.429. The summed E-state index contributed by atoms with van der Waals surface area (Å²) in [6, 6.07) is 7.10. The van der Waals surface area contributed by atoms with Crippen molar-refractivity contribution < 1.29 is 4.79 Å². The van der Waals surface area contributed by atoms with Crippen LogP contribution in [-0.4, -0.2) is 30.4 Å². The number of nitrogen functional groups attached to an aromatic ring is 1. The standard InChI is InChI=1S/C14H19ClN4O/c1-3-19(8-10(2)7-16)9-14(20)18-13-5-4-11(17)6-12(13)15/h4-6,10H,3,8-9,17H2,1-2H3,(H,18,20). The molecular weight excluding hydrogens is 276 g/mol. The topological polar surface area (TPSA) is 82.2 Å². The minimum Gasteiger partial charge on any atom is -0.399 e. The van der Waals surface area contributed by atoms with Gasteiger partial charge in [0.2, 0.25) is 5.91 Å². The molecule has 0 heterocycles. The van der Waals surface area contributed by atoms with E-state index in [0.717, 1.165) is 0 Å². The monoisotopic (exact) mass is 294 g/mol. The zero-order valence-corrected chi connectivity index (χ0v) is 12.4. The number of carbonyl (C=O) groups is 1. The Labute approximate surface area is 124 Å². The summed E-state index contributed by atoms with van der Waals surface area (Å²) >= 11 is 6.00. The van der Waals surface area contributed by atoms with Gasteiger partial charge in [0.1, 0.15) is 0 Å². The van der Waals surface area contributed by atoms with E-state index in [2.05, 4.69) is 11.4 Å². The number of anilines is 2. The highest BCUT2D eigenvalue weighted by Crippen LogP contribution is 2.23. The minimum absolute atomic E-state index is 0.108. The van der Waals surface area contributed by atoms with Crippen molar-refractivity contribution in [3.63, 3.8) is 0 Å². The van der Waals surface area contributed by atoms with Gasteiger partial charge in [0.15, 0.2) is 0 Å². The SMILES string of the molecule is CCN(CC(=O)Nc1ccc(N)cc1Cl)CC(C)C#N. The maximum atomic E-state index is 12.0. The van der Waals surface area contributed by atoms with E-state index in [1.165, 1.54) is 0 Å². The number of nitrogens with one attached hydrogen (secondary N) is 1. The molecule has 0 aliphatic heterocycles. The van der Waals surface area contributed by atoms with Crippen molar-refractivity contribution in [2.45, 2.75) is 13.8 Å². The smallest absolute Gasteiger partial charge is 0.238 e. The van der Waals surface area contributed by atoms with Gasteiger partial charge in [-0.25, -0.2) is 0 Å². The molecule has 0 aliphatic carbocycles. The molecular formula is C14H19ClN4O.